The van der Waals surface area contributed by atoms with Crippen LogP contribution in [0.15, 0.2) is 12.1 Å². The van der Waals surface area contributed by atoms with Crippen molar-refractivity contribution in [2.24, 2.45) is 0 Å². The van der Waals surface area contributed by atoms with Crippen LogP contribution in [0.5, 0.6) is 5.75 Å². The van der Waals surface area contributed by atoms with Gasteiger partial charge in [-0.05, 0) is 36.5 Å². The monoisotopic (exact) mass is 309 g/mol. The average molecular weight is 310 g/mol. The highest BCUT2D eigenvalue weighted by molar-refractivity contribution is 6.30. The first-order valence-corrected chi connectivity index (χ1v) is 7.92. The molecule has 3 rings (SSSR count). The number of alkyl carbamates (subject to hydrolysis) is 1. The molecule has 1 aromatic carbocycles. The van der Waals surface area contributed by atoms with Crippen molar-refractivity contribution in [2.75, 3.05) is 7.05 Å². The second kappa shape index (κ2) is 6.14. The number of ether oxygens (including phenoxy) is 2. The highest BCUT2D eigenvalue weighted by Gasteiger charge is 2.31. The van der Waals surface area contributed by atoms with Crippen LogP contribution in [0.3, 0.4) is 0 Å². The van der Waals surface area contributed by atoms with E-state index in [4.69, 9.17) is 21.1 Å². The molecular formula is C16H20ClNO3. The highest BCUT2D eigenvalue weighted by atomic mass is 35.5. The van der Waals surface area contributed by atoms with E-state index >= 15 is 0 Å². The summed E-state index contributed by atoms with van der Waals surface area (Å²) < 4.78 is 11.1. The predicted octanol–water partition coefficient (Wildman–Crippen LogP) is 4.00. The highest BCUT2D eigenvalue weighted by Crippen LogP contribution is 2.43. The van der Waals surface area contributed by atoms with E-state index in [1.165, 1.54) is 44.7 Å². The normalized spacial score (nSPS) is 21.5. The van der Waals surface area contributed by atoms with Crippen LogP contribution in [-0.2, 0) is 11.2 Å². The fourth-order valence-electron chi connectivity index (χ4n) is 3.28. The zero-order valence-electron chi connectivity index (χ0n) is 12.2. The van der Waals surface area contributed by atoms with Crippen molar-refractivity contribution in [2.45, 2.75) is 50.7 Å². The Labute approximate surface area is 129 Å². The Bertz CT molecular complexity index is 541. The maximum atomic E-state index is 11.3. The number of amides is 1. The predicted molar refractivity (Wildman–Crippen MR) is 80.9 cm³/mol. The fourth-order valence-corrected chi connectivity index (χ4v) is 3.53. The van der Waals surface area contributed by atoms with E-state index in [9.17, 15) is 4.79 Å². The third kappa shape index (κ3) is 3.10. The maximum Gasteiger partial charge on any atom is 0.409 e. The van der Waals surface area contributed by atoms with Crippen molar-refractivity contribution >= 4 is 17.7 Å². The summed E-state index contributed by atoms with van der Waals surface area (Å²) in [6.45, 7) is 0. The lowest BCUT2D eigenvalue weighted by Gasteiger charge is -2.24. The number of hydrogen-bond acceptors (Lipinski definition) is 3. The van der Waals surface area contributed by atoms with Crippen molar-refractivity contribution in [3.05, 3.63) is 28.3 Å². The summed E-state index contributed by atoms with van der Waals surface area (Å²) in [7, 11) is 1.54. The SMILES string of the molecule is CNC(=O)OC1Cc2cc(Cl)cc(C3CCCCC3)c2O1. The van der Waals surface area contributed by atoms with Gasteiger partial charge in [-0.15, -0.1) is 0 Å². The fraction of sp³-hybridized carbons (Fsp3) is 0.562. The van der Waals surface area contributed by atoms with Crippen LogP contribution in [0.2, 0.25) is 5.02 Å². The van der Waals surface area contributed by atoms with Gasteiger partial charge in [-0.3, -0.25) is 0 Å². The van der Waals surface area contributed by atoms with Crippen LogP contribution in [-0.4, -0.2) is 19.4 Å². The Morgan fingerprint density at radius 3 is 2.81 bits per heavy atom. The molecule has 1 unspecified atom stereocenters. The lowest BCUT2D eigenvalue weighted by molar-refractivity contribution is -0.0162. The van der Waals surface area contributed by atoms with Crippen LogP contribution < -0.4 is 10.1 Å². The minimum atomic E-state index is -0.555. The van der Waals surface area contributed by atoms with E-state index in [1.807, 2.05) is 12.1 Å². The van der Waals surface area contributed by atoms with E-state index in [-0.39, 0.29) is 0 Å². The number of halogens is 1. The molecule has 1 aliphatic heterocycles. The molecule has 0 bridgehead atoms. The number of rotatable bonds is 2. The number of benzene rings is 1. The van der Waals surface area contributed by atoms with Crippen molar-refractivity contribution in [1.82, 2.24) is 5.32 Å². The Balaban J connectivity index is 1.83. The van der Waals surface area contributed by atoms with Gasteiger partial charge in [0.1, 0.15) is 5.75 Å². The van der Waals surface area contributed by atoms with Crippen LogP contribution in [0.1, 0.15) is 49.1 Å². The molecule has 0 aromatic heterocycles. The molecule has 1 heterocycles. The molecule has 4 nitrogen and oxygen atoms in total. The van der Waals surface area contributed by atoms with Gasteiger partial charge in [-0.25, -0.2) is 4.79 Å². The lowest BCUT2D eigenvalue weighted by Crippen LogP contribution is -2.28. The molecule has 1 aromatic rings. The average Bonchev–Trinajstić information content (AvgIpc) is 2.89. The molecule has 0 spiro atoms. The summed E-state index contributed by atoms with van der Waals surface area (Å²) in [5.41, 5.74) is 2.22. The minimum absolute atomic E-state index is 0.474. The van der Waals surface area contributed by atoms with Gasteiger partial charge in [-0.2, -0.15) is 0 Å². The van der Waals surface area contributed by atoms with Gasteiger partial charge in [0.15, 0.2) is 0 Å². The van der Waals surface area contributed by atoms with E-state index in [0.29, 0.717) is 12.3 Å². The molecule has 0 saturated heterocycles. The third-order valence-corrected chi connectivity index (χ3v) is 4.50. The van der Waals surface area contributed by atoms with E-state index in [2.05, 4.69) is 5.32 Å². The largest absolute Gasteiger partial charge is 0.454 e. The van der Waals surface area contributed by atoms with E-state index in [0.717, 1.165) is 16.3 Å². The Kier molecular flexibility index (Phi) is 4.24. The molecular weight excluding hydrogens is 290 g/mol. The number of fused-ring (bicyclic) bond motifs is 1. The van der Waals surface area contributed by atoms with E-state index in [1.54, 1.807) is 0 Å². The Morgan fingerprint density at radius 2 is 2.10 bits per heavy atom. The summed E-state index contributed by atoms with van der Waals surface area (Å²) in [4.78, 5) is 11.3. The zero-order valence-corrected chi connectivity index (χ0v) is 12.9. The number of carbonyl (C=O) groups is 1. The maximum absolute atomic E-state index is 11.3. The number of hydrogen-bond donors (Lipinski definition) is 1. The standard InChI is InChI=1S/C16H20ClNO3/c1-18-16(19)21-14-8-11-7-12(17)9-13(15(11)20-14)10-5-3-2-4-6-10/h7,9-10,14H,2-6,8H2,1H3,(H,18,19). The number of nitrogens with one attached hydrogen (secondary N) is 1. The third-order valence-electron chi connectivity index (χ3n) is 4.28. The molecule has 21 heavy (non-hydrogen) atoms. The molecule has 1 amide bonds. The topological polar surface area (TPSA) is 47.6 Å². The molecule has 114 valence electrons. The first-order valence-electron chi connectivity index (χ1n) is 7.54. The van der Waals surface area contributed by atoms with Gasteiger partial charge in [-0.1, -0.05) is 30.9 Å². The molecule has 2 aliphatic rings. The van der Waals surface area contributed by atoms with Gasteiger partial charge in [0.25, 0.3) is 0 Å². The quantitative estimate of drug-likeness (QED) is 0.898. The van der Waals surface area contributed by atoms with Crippen LogP contribution >= 0.6 is 11.6 Å². The lowest BCUT2D eigenvalue weighted by atomic mass is 9.83. The van der Waals surface area contributed by atoms with Gasteiger partial charge in [0.2, 0.25) is 6.29 Å². The molecule has 5 heteroatoms. The van der Waals surface area contributed by atoms with Crippen molar-refractivity contribution < 1.29 is 14.3 Å². The molecule has 1 fully saturated rings. The van der Waals surface area contributed by atoms with Crippen molar-refractivity contribution in [3.63, 3.8) is 0 Å². The number of carbonyl (C=O) groups excluding carboxylic acids is 1. The second-order valence-electron chi connectivity index (χ2n) is 5.73. The molecule has 1 saturated carbocycles. The second-order valence-corrected chi connectivity index (χ2v) is 6.16. The molecule has 1 atom stereocenters. The smallest absolute Gasteiger partial charge is 0.409 e. The van der Waals surface area contributed by atoms with Crippen LogP contribution in [0, 0.1) is 0 Å². The van der Waals surface area contributed by atoms with Crippen LogP contribution in [0.25, 0.3) is 0 Å². The van der Waals surface area contributed by atoms with Gasteiger partial charge in [0.05, 0.1) is 6.42 Å². The van der Waals surface area contributed by atoms with Crippen molar-refractivity contribution in [3.8, 4) is 5.75 Å². The van der Waals surface area contributed by atoms with Gasteiger partial charge in [0, 0.05) is 17.6 Å². The van der Waals surface area contributed by atoms with Crippen LogP contribution in [0.4, 0.5) is 4.79 Å². The molecule has 1 N–H and O–H groups in total. The Morgan fingerprint density at radius 1 is 1.33 bits per heavy atom. The summed E-state index contributed by atoms with van der Waals surface area (Å²) in [6.07, 6.45) is 5.70. The van der Waals surface area contributed by atoms with Gasteiger partial charge >= 0.3 is 6.09 Å². The summed E-state index contributed by atoms with van der Waals surface area (Å²) in [5, 5.41) is 3.18. The Hall–Kier alpha value is -1.42. The minimum Gasteiger partial charge on any atom is -0.454 e. The van der Waals surface area contributed by atoms with E-state index < -0.39 is 12.4 Å². The molecule has 0 radical (unpaired) electrons. The first-order chi connectivity index (χ1) is 10.2. The van der Waals surface area contributed by atoms with Crippen molar-refractivity contribution in [1.29, 1.82) is 0 Å². The molecule has 1 aliphatic carbocycles. The summed E-state index contributed by atoms with van der Waals surface area (Å²) in [5.74, 6) is 1.38. The first kappa shape index (κ1) is 14.5. The zero-order chi connectivity index (χ0) is 14.8. The van der Waals surface area contributed by atoms with Gasteiger partial charge < -0.3 is 14.8 Å². The summed E-state index contributed by atoms with van der Waals surface area (Å²) in [6, 6.07) is 3.93. The summed E-state index contributed by atoms with van der Waals surface area (Å²) >= 11 is 6.25.